The highest BCUT2D eigenvalue weighted by Gasteiger charge is 2.29. The number of carbonyl (C=O) groups excluding carboxylic acids is 1. The molecule has 1 amide bonds. The van der Waals surface area contributed by atoms with Crippen LogP contribution in [0.25, 0.3) is 0 Å². The molecule has 1 aliphatic heterocycles. The Morgan fingerprint density at radius 1 is 1.36 bits per heavy atom. The lowest BCUT2D eigenvalue weighted by atomic mass is 10.0. The van der Waals surface area contributed by atoms with Crippen LogP contribution in [0.2, 0.25) is 0 Å². The number of nitrogens with one attached hydrogen (secondary N) is 1. The summed E-state index contributed by atoms with van der Waals surface area (Å²) in [7, 11) is 1.82. The molecule has 2 heterocycles. The van der Waals surface area contributed by atoms with Crippen molar-refractivity contribution in [2.24, 2.45) is 5.92 Å². The first-order chi connectivity index (χ1) is 10.8. The summed E-state index contributed by atoms with van der Waals surface area (Å²) in [4.78, 5) is 23.1. The molecule has 0 spiro atoms. The number of hydrogen-bond donors (Lipinski definition) is 1. The Bertz CT molecular complexity index is 517. The molecule has 1 N–H and O–H groups in total. The normalized spacial score (nSPS) is 22.8. The van der Waals surface area contributed by atoms with Crippen LogP contribution in [0.3, 0.4) is 0 Å². The van der Waals surface area contributed by atoms with E-state index in [4.69, 9.17) is 4.74 Å². The Morgan fingerprint density at radius 2 is 2.14 bits per heavy atom. The van der Waals surface area contributed by atoms with Crippen LogP contribution < -0.4 is 5.32 Å². The molecule has 0 radical (unpaired) electrons. The SMILES string of the molecule is CNc1nccnc1[C@@H]1CN(C(=O)CC2CCCC2)CCO1. The van der Waals surface area contributed by atoms with Gasteiger partial charge in [0.1, 0.15) is 17.6 Å². The highest BCUT2D eigenvalue weighted by atomic mass is 16.5. The number of rotatable bonds is 4. The van der Waals surface area contributed by atoms with Gasteiger partial charge in [0.25, 0.3) is 0 Å². The van der Waals surface area contributed by atoms with Gasteiger partial charge in [-0.05, 0) is 18.8 Å². The molecule has 6 nitrogen and oxygen atoms in total. The number of anilines is 1. The van der Waals surface area contributed by atoms with E-state index in [1.807, 2.05) is 11.9 Å². The molecule has 3 rings (SSSR count). The lowest BCUT2D eigenvalue weighted by molar-refractivity contribution is -0.140. The van der Waals surface area contributed by atoms with Gasteiger partial charge >= 0.3 is 0 Å². The average molecular weight is 304 g/mol. The number of nitrogens with zero attached hydrogens (tertiary/aromatic N) is 3. The minimum atomic E-state index is -0.197. The second-order valence-corrected chi connectivity index (χ2v) is 6.09. The van der Waals surface area contributed by atoms with Crippen LogP contribution in [0.1, 0.15) is 43.9 Å². The first-order valence-electron chi connectivity index (χ1n) is 8.16. The van der Waals surface area contributed by atoms with Crippen molar-refractivity contribution in [1.29, 1.82) is 0 Å². The van der Waals surface area contributed by atoms with Crippen molar-refractivity contribution >= 4 is 11.7 Å². The second kappa shape index (κ2) is 7.05. The summed E-state index contributed by atoms with van der Waals surface area (Å²) >= 11 is 0. The van der Waals surface area contributed by atoms with Crippen LogP contribution in [0, 0.1) is 5.92 Å². The summed E-state index contributed by atoms with van der Waals surface area (Å²) in [5.41, 5.74) is 0.781. The lowest BCUT2D eigenvalue weighted by Gasteiger charge is -2.33. The highest BCUT2D eigenvalue weighted by Crippen LogP contribution is 2.30. The Morgan fingerprint density at radius 3 is 2.91 bits per heavy atom. The quantitative estimate of drug-likeness (QED) is 0.921. The fourth-order valence-corrected chi connectivity index (χ4v) is 3.41. The van der Waals surface area contributed by atoms with E-state index in [2.05, 4.69) is 15.3 Å². The largest absolute Gasteiger partial charge is 0.372 e. The molecule has 1 aromatic rings. The number of aromatic nitrogens is 2. The van der Waals surface area contributed by atoms with E-state index in [-0.39, 0.29) is 12.0 Å². The van der Waals surface area contributed by atoms with E-state index in [1.54, 1.807) is 12.4 Å². The molecule has 0 unspecified atom stereocenters. The highest BCUT2D eigenvalue weighted by molar-refractivity contribution is 5.76. The number of carbonyl (C=O) groups is 1. The van der Waals surface area contributed by atoms with Gasteiger partial charge in [-0.3, -0.25) is 9.78 Å². The summed E-state index contributed by atoms with van der Waals surface area (Å²) in [6.07, 6.45) is 8.76. The van der Waals surface area contributed by atoms with Gasteiger partial charge in [0.15, 0.2) is 0 Å². The van der Waals surface area contributed by atoms with Gasteiger partial charge < -0.3 is 15.0 Å². The molecule has 1 saturated carbocycles. The number of morpholine rings is 1. The maximum absolute atomic E-state index is 12.5. The Balaban J connectivity index is 1.64. The van der Waals surface area contributed by atoms with E-state index in [0.717, 1.165) is 11.5 Å². The molecule has 120 valence electrons. The first-order valence-corrected chi connectivity index (χ1v) is 8.16. The first kappa shape index (κ1) is 15.2. The summed E-state index contributed by atoms with van der Waals surface area (Å²) in [6, 6.07) is 0. The van der Waals surface area contributed by atoms with Crippen molar-refractivity contribution in [1.82, 2.24) is 14.9 Å². The van der Waals surface area contributed by atoms with Crippen molar-refractivity contribution < 1.29 is 9.53 Å². The summed E-state index contributed by atoms with van der Waals surface area (Å²) < 4.78 is 5.82. The monoisotopic (exact) mass is 304 g/mol. The molecule has 1 aromatic heterocycles. The van der Waals surface area contributed by atoms with Crippen LogP contribution in [-0.2, 0) is 9.53 Å². The number of amides is 1. The number of ether oxygens (including phenoxy) is 1. The van der Waals surface area contributed by atoms with Gasteiger partial charge in [-0.15, -0.1) is 0 Å². The summed E-state index contributed by atoms with van der Waals surface area (Å²) in [6.45, 7) is 1.80. The minimum Gasteiger partial charge on any atom is -0.372 e. The van der Waals surface area contributed by atoms with E-state index in [9.17, 15) is 4.79 Å². The average Bonchev–Trinajstić information content (AvgIpc) is 3.08. The third-order valence-corrected chi connectivity index (χ3v) is 4.63. The van der Waals surface area contributed by atoms with Crippen molar-refractivity contribution in [3.8, 4) is 0 Å². The van der Waals surface area contributed by atoms with E-state index < -0.39 is 0 Å². The molecule has 1 atom stereocenters. The maximum Gasteiger partial charge on any atom is 0.223 e. The predicted molar refractivity (Wildman–Crippen MR) is 83.4 cm³/mol. The van der Waals surface area contributed by atoms with E-state index in [0.29, 0.717) is 32.0 Å². The molecule has 22 heavy (non-hydrogen) atoms. The van der Waals surface area contributed by atoms with Gasteiger partial charge in [-0.1, -0.05) is 12.8 Å². The standard InChI is InChI=1S/C16H24N4O2/c1-17-16-15(18-6-7-19-16)13-11-20(8-9-22-13)14(21)10-12-4-2-3-5-12/h6-7,12-13H,2-5,8-11H2,1H3,(H,17,19)/t13-/m0/s1. The smallest absolute Gasteiger partial charge is 0.223 e. The van der Waals surface area contributed by atoms with Crippen LogP contribution in [0.4, 0.5) is 5.82 Å². The van der Waals surface area contributed by atoms with Crippen LogP contribution in [-0.4, -0.2) is 47.5 Å². The second-order valence-electron chi connectivity index (χ2n) is 6.09. The van der Waals surface area contributed by atoms with Crippen LogP contribution in [0.5, 0.6) is 0 Å². The molecule has 1 saturated heterocycles. The van der Waals surface area contributed by atoms with Crippen LogP contribution >= 0.6 is 0 Å². The third-order valence-electron chi connectivity index (χ3n) is 4.63. The van der Waals surface area contributed by atoms with E-state index >= 15 is 0 Å². The topological polar surface area (TPSA) is 67.4 Å². The number of hydrogen-bond acceptors (Lipinski definition) is 5. The van der Waals surface area contributed by atoms with Crippen molar-refractivity contribution in [2.45, 2.75) is 38.2 Å². The molecule has 1 aliphatic carbocycles. The van der Waals surface area contributed by atoms with Gasteiger partial charge in [0.05, 0.1) is 13.2 Å². The zero-order valence-electron chi connectivity index (χ0n) is 13.1. The molecule has 2 aliphatic rings. The zero-order valence-corrected chi connectivity index (χ0v) is 13.1. The van der Waals surface area contributed by atoms with Gasteiger partial charge in [0.2, 0.25) is 5.91 Å². The van der Waals surface area contributed by atoms with Gasteiger partial charge in [-0.25, -0.2) is 4.98 Å². The van der Waals surface area contributed by atoms with Crippen molar-refractivity contribution in [3.05, 3.63) is 18.1 Å². The fraction of sp³-hybridized carbons (Fsp3) is 0.688. The van der Waals surface area contributed by atoms with Crippen molar-refractivity contribution in [3.63, 3.8) is 0 Å². The molecular weight excluding hydrogens is 280 g/mol. The summed E-state index contributed by atoms with van der Waals surface area (Å²) in [5.74, 6) is 1.56. The third kappa shape index (κ3) is 3.38. The maximum atomic E-state index is 12.5. The van der Waals surface area contributed by atoms with Gasteiger partial charge in [0, 0.05) is 32.4 Å². The predicted octanol–water partition coefficient (Wildman–Crippen LogP) is 2.00. The summed E-state index contributed by atoms with van der Waals surface area (Å²) in [5, 5.41) is 3.04. The van der Waals surface area contributed by atoms with Crippen molar-refractivity contribution in [2.75, 3.05) is 32.1 Å². The van der Waals surface area contributed by atoms with Crippen LogP contribution in [0.15, 0.2) is 12.4 Å². The molecule has 0 bridgehead atoms. The molecule has 6 heteroatoms. The molecular formula is C16H24N4O2. The minimum absolute atomic E-state index is 0.197. The van der Waals surface area contributed by atoms with Gasteiger partial charge in [-0.2, -0.15) is 0 Å². The Labute approximate surface area is 131 Å². The molecule has 2 fully saturated rings. The fourth-order valence-electron chi connectivity index (χ4n) is 3.41. The Hall–Kier alpha value is -1.69. The Kier molecular flexibility index (Phi) is 4.87. The zero-order chi connectivity index (χ0) is 15.4. The molecule has 0 aromatic carbocycles. The van der Waals surface area contributed by atoms with E-state index in [1.165, 1.54) is 25.7 Å². The lowest BCUT2D eigenvalue weighted by Crippen LogP contribution is -2.43.